The molecule has 0 saturated carbocycles. The molecule has 2 amide bonds. The molecule has 1 fully saturated rings. The van der Waals surface area contributed by atoms with Gasteiger partial charge in [0.25, 0.3) is 5.56 Å². The van der Waals surface area contributed by atoms with Gasteiger partial charge in [0, 0.05) is 41.9 Å². The number of carbonyl (C=O) groups is 1. The van der Waals surface area contributed by atoms with E-state index < -0.39 is 0 Å². The van der Waals surface area contributed by atoms with E-state index in [9.17, 15) is 9.59 Å². The molecule has 1 saturated heterocycles. The molecule has 2 aromatic heterocycles. The second-order valence-electron chi connectivity index (χ2n) is 7.68. The maximum Gasteiger partial charge on any atom is 0.317 e. The number of aromatic amines is 1. The van der Waals surface area contributed by atoms with E-state index in [1.54, 1.807) is 17.0 Å². The van der Waals surface area contributed by atoms with E-state index in [0.29, 0.717) is 48.0 Å². The average Bonchev–Trinajstić information content (AvgIpc) is 3.42. The summed E-state index contributed by atoms with van der Waals surface area (Å²) in [6, 6.07) is 9.09. The molecule has 1 atom stereocenters. The molecule has 0 aliphatic carbocycles. The van der Waals surface area contributed by atoms with E-state index >= 15 is 0 Å². The number of nitrogens with one attached hydrogen (secondary N) is 2. The van der Waals surface area contributed by atoms with Crippen LogP contribution >= 0.6 is 11.6 Å². The van der Waals surface area contributed by atoms with Crippen LogP contribution in [-0.4, -0.2) is 51.3 Å². The summed E-state index contributed by atoms with van der Waals surface area (Å²) in [6.45, 7) is 2.06. The van der Waals surface area contributed by atoms with Gasteiger partial charge >= 0.3 is 6.03 Å². The van der Waals surface area contributed by atoms with E-state index in [1.165, 1.54) is 4.52 Å². The maximum atomic E-state index is 13.0. The Bertz CT molecular complexity index is 1170. The van der Waals surface area contributed by atoms with Crippen molar-refractivity contribution in [1.82, 2.24) is 24.8 Å². The van der Waals surface area contributed by atoms with Crippen molar-refractivity contribution < 1.29 is 9.53 Å². The van der Waals surface area contributed by atoms with Crippen molar-refractivity contribution in [1.29, 1.82) is 0 Å². The second-order valence-corrected chi connectivity index (χ2v) is 8.09. The lowest BCUT2D eigenvalue weighted by atomic mass is 10.1. The summed E-state index contributed by atoms with van der Waals surface area (Å²) < 4.78 is 7.00. The van der Waals surface area contributed by atoms with Gasteiger partial charge in [-0.2, -0.15) is 0 Å². The van der Waals surface area contributed by atoms with Crippen molar-refractivity contribution in [3.8, 4) is 11.3 Å². The number of ether oxygens (including phenoxy) is 1. The van der Waals surface area contributed by atoms with Gasteiger partial charge in [0.15, 0.2) is 5.65 Å². The van der Waals surface area contributed by atoms with Crippen LogP contribution in [0.25, 0.3) is 16.9 Å². The molecular weight excluding hydrogens is 406 g/mol. The summed E-state index contributed by atoms with van der Waals surface area (Å²) in [5, 5.41) is 6.64. The minimum absolute atomic E-state index is 0.0940. The maximum absolute atomic E-state index is 13.0. The van der Waals surface area contributed by atoms with Gasteiger partial charge in [0.2, 0.25) is 0 Å². The number of H-pyrrole nitrogens is 1. The number of carbonyl (C=O) groups excluding carboxylic acids is 1. The van der Waals surface area contributed by atoms with Gasteiger partial charge in [-0.25, -0.2) is 14.3 Å². The minimum atomic E-state index is -0.149. The Labute approximate surface area is 177 Å². The Kier molecular flexibility index (Phi) is 4.96. The van der Waals surface area contributed by atoms with Crippen LogP contribution in [0.3, 0.4) is 0 Å². The third-order valence-corrected chi connectivity index (χ3v) is 6.05. The van der Waals surface area contributed by atoms with Gasteiger partial charge in [-0.15, -0.1) is 0 Å². The highest BCUT2D eigenvalue weighted by molar-refractivity contribution is 6.33. The molecular formula is C21H22ClN5O3. The van der Waals surface area contributed by atoms with Gasteiger partial charge < -0.3 is 15.0 Å². The Hall–Kier alpha value is -2.84. The van der Waals surface area contributed by atoms with Crippen molar-refractivity contribution in [2.24, 2.45) is 0 Å². The number of benzene rings is 1. The zero-order valence-corrected chi connectivity index (χ0v) is 17.1. The highest BCUT2D eigenvalue weighted by atomic mass is 35.5. The molecule has 30 heavy (non-hydrogen) atoms. The third kappa shape index (κ3) is 3.46. The Morgan fingerprint density at radius 1 is 1.37 bits per heavy atom. The minimum Gasteiger partial charge on any atom is -0.376 e. The molecule has 2 aliphatic rings. The molecule has 0 spiro atoms. The molecule has 8 nitrogen and oxygen atoms in total. The van der Waals surface area contributed by atoms with Gasteiger partial charge in [-0.3, -0.25) is 9.89 Å². The van der Waals surface area contributed by atoms with Crippen LogP contribution < -0.4 is 10.9 Å². The number of amides is 2. The summed E-state index contributed by atoms with van der Waals surface area (Å²) in [5.41, 5.74) is 3.19. The van der Waals surface area contributed by atoms with E-state index in [1.807, 2.05) is 18.2 Å². The second kappa shape index (κ2) is 7.77. The summed E-state index contributed by atoms with van der Waals surface area (Å²) in [5.74, 6) is 0. The van der Waals surface area contributed by atoms with Crippen molar-refractivity contribution in [2.75, 3.05) is 19.7 Å². The van der Waals surface area contributed by atoms with E-state index in [4.69, 9.17) is 16.3 Å². The molecule has 1 aromatic carbocycles. The average molecular weight is 428 g/mol. The summed E-state index contributed by atoms with van der Waals surface area (Å²) >= 11 is 6.30. The first-order valence-electron chi connectivity index (χ1n) is 10.1. The Balaban J connectivity index is 1.39. The van der Waals surface area contributed by atoms with Crippen LogP contribution in [0, 0.1) is 0 Å². The summed E-state index contributed by atoms with van der Waals surface area (Å²) in [7, 11) is 0. The quantitative estimate of drug-likeness (QED) is 0.672. The molecule has 2 aliphatic heterocycles. The predicted molar refractivity (Wildman–Crippen MR) is 113 cm³/mol. The van der Waals surface area contributed by atoms with Gasteiger partial charge in [-0.1, -0.05) is 29.8 Å². The van der Waals surface area contributed by atoms with Crippen molar-refractivity contribution in [3.63, 3.8) is 0 Å². The van der Waals surface area contributed by atoms with Crippen molar-refractivity contribution in [2.45, 2.75) is 31.9 Å². The fraction of sp³-hybridized carbons (Fsp3) is 0.381. The smallest absolute Gasteiger partial charge is 0.317 e. The summed E-state index contributed by atoms with van der Waals surface area (Å²) in [4.78, 5) is 31.9. The number of hydrogen-bond acceptors (Lipinski definition) is 4. The number of urea groups is 1. The lowest BCUT2D eigenvalue weighted by Gasteiger charge is -2.28. The highest BCUT2D eigenvalue weighted by Gasteiger charge is 2.26. The fourth-order valence-electron chi connectivity index (χ4n) is 4.10. The number of nitrogens with zero attached hydrogens (tertiary/aromatic N) is 3. The first-order valence-corrected chi connectivity index (χ1v) is 10.5. The van der Waals surface area contributed by atoms with Crippen LogP contribution in [-0.2, 0) is 17.7 Å². The summed E-state index contributed by atoms with van der Waals surface area (Å²) in [6.07, 6.45) is 2.57. The number of halogens is 1. The molecule has 4 heterocycles. The SMILES string of the molecule is O=C(NCC1CCCO1)N1CCc2c(nc3cc(-c4ccccc4Cl)[nH]n3c2=O)C1. The first kappa shape index (κ1) is 19.1. The zero-order valence-electron chi connectivity index (χ0n) is 16.4. The molecule has 9 heteroatoms. The van der Waals surface area contributed by atoms with E-state index in [0.717, 1.165) is 30.7 Å². The largest absolute Gasteiger partial charge is 0.376 e. The molecule has 2 N–H and O–H groups in total. The third-order valence-electron chi connectivity index (χ3n) is 5.72. The van der Waals surface area contributed by atoms with Gasteiger partial charge in [-0.05, 0) is 25.3 Å². The van der Waals surface area contributed by atoms with Crippen molar-refractivity contribution in [3.05, 3.63) is 57.0 Å². The standard InChI is InChI=1S/C21H22ClN5O3/c22-16-6-2-1-5-14(16)17-10-19-24-18-12-26(8-7-15(18)20(28)27(19)25-17)21(29)23-11-13-4-3-9-30-13/h1-2,5-6,10,13,25H,3-4,7-9,11-12H2,(H,23,29). The highest BCUT2D eigenvalue weighted by Crippen LogP contribution is 2.27. The molecule has 5 rings (SSSR count). The number of aromatic nitrogens is 3. The van der Waals surface area contributed by atoms with Crippen LogP contribution in [0.5, 0.6) is 0 Å². The van der Waals surface area contributed by atoms with Crippen LogP contribution in [0.4, 0.5) is 4.79 Å². The normalized spacial score (nSPS) is 18.6. The molecule has 0 radical (unpaired) electrons. The zero-order chi connectivity index (χ0) is 20.7. The van der Waals surface area contributed by atoms with Gasteiger partial charge in [0.05, 0.1) is 24.0 Å². The van der Waals surface area contributed by atoms with E-state index in [-0.39, 0.29) is 17.7 Å². The Morgan fingerprint density at radius 2 is 2.23 bits per heavy atom. The lowest BCUT2D eigenvalue weighted by Crippen LogP contribution is -2.46. The Morgan fingerprint density at radius 3 is 3.03 bits per heavy atom. The molecule has 0 bridgehead atoms. The van der Waals surface area contributed by atoms with Crippen LogP contribution in [0.2, 0.25) is 5.02 Å². The molecule has 156 valence electrons. The predicted octanol–water partition coefficient (Wildman–Crippen LogP) is 2.59. The fourth-order valence-corrected chi connectivity index (χ4v) is 4.34. The number of fused-ring (bicyclic) bond motifs is 2. The lowest BCUT2D eigenvalue weighted by molar-refractivity contribution is 0.108. The molecule has 1 unspecified atom stereocenters. The van der Waals surface area contributed by atoms with Crippen molar-refractivity contribution >= 4 is 23.3 Å². The topological polar surface area (TPSA) is 91.7 Å². The number of rotatable bonds is 3. The van der Waals surface area contributed by atoms with Crippen LogP contribution in [0.15, 0.2) is 35.1 Å². The molecule has 3 aromatic rings. The van der Waals surface area contributed by atoms with E-state index in [2.05, 4.69) is 15.4 Å². The van der Waals surface area contributed by atoms with Crippen LogP contribution in [0.1, 0.15) is 24.1 Å². The van der Waals surface area contributed by atoms with Gasteiger partial charge in [0.1, 0.15) is 0 Å². The first-order chi connectivity index (χ1) is 14.6. The monoisotopic (exact) mass is 427 g/mol. The number of hydrogen-bond donors (Lipinski definition) is 2.